The van der Waals surface area contributed by atoms with Crippen LogP contribution in [0.2, 0.25) is 0 Å². The van der Waals surface area contributed by atoms with Crippen LogP contribution in [0, 0.1) is 11.3 Å². The SMILES string of the molecule is CCCCCCCC(Cc1ccc(C#N)cc1)N1CCOCC1. The number of unbranched alkanes of at least 4 members (excludes halogenated alkanes) is 4. The molecule has 1 heterocycles. The first kappa shape index (κ1) is 18.0. The number of nitrogens with zero attached hydrogens (tertiary/aromatic N) is 2. The van der Waals surface area contributed by atoms with Gasteiger partial charge in [-0.2, -0.15) is 5.26 Å². The summed E-state index contributed by atoms with van der Waals surface area (Å²) in [6, 6.07) is 10.9. The minimum absolute atomic E-state index is 0.605. The second-order valence-electron chi connectivity index (χ2n) is 6.52. The Kier molecular flexibility index (Phi) is 8.14. The first-order valence-corrected chi connectivity index (χ1v) is 9.14. The van der Waals surface area contributed by atoms with Gasteiger partial charge in [-0.3, -0.25) is 4.90 Å². The molecule has 2 rings (SSSR count). The highest BCUT2D eigenvalue weighted by Crippen LogP contribution is 2.18. The van der Waals surface area contributed by atoms with E-state index >= 15 is 0 Å². The standard InChI is InChI=1S/C20H30N2O/c1-2-3-4-5-6-7-20(22-12-14-23-15-13-22)16-18-8-10-19(17-21)11-9-18/h8-11,20H,2-7,12-16H2,1H3. The van der Waals surface area contributed by atoms with Crippen molar-refractivity contribution in [3.63, 3.8) is 0 Å². The highest BCUT2D eigenvalue weighted by molar-refractivity contribution is 5.31. The summed E-state index contributed by atoms with van der Waals surface area (Å²) in [6.07, 6.45) is 9.04. The van der Waals surface area contributed by atoms with Crippen LogP contribution in [-0.4, -0.2) is 37.2 Å². The molecule has 0 spiro atoms. The lowest BCUT2D eigenvalue weighted by molar-refractivity contribution is 0.0143. The first-order valence-electron chi connectivity index (χ1n) is 9.14. The van der Waals surface area contributed by atoms with Gasteiger partial charge in [-0.15, -0.1) is 0 Å². The van der Waals surface area contributed by atoms with Crippen molar-refractivity contribution in [2.45, 2.75) is 57.9 Å². The van der Waals surface area contributed by atoms with Gasteiger partial charge in [0, 0.05) is 19.1 Å². The topological polar surface area (TPSA) is 36.3 Å². The average Bonchev–Trinajstić information content (AvgIpc) is 2.62. The van der Waals surface area contributed by atoms with Gasteiger partial charge in [-0.1, -0.05) is 51.2 Å². The first-order chi connectivity index (χ1) is 11.3. The van der Waals surface area contributed by atoms with E-state index in [0.717, 1.165) is 38.3 Å². The van der Waals surface area contributed by atoms with Gasteiger partial charge in [-0.25, -0.2) is 0 Å². The Morgan fingerprint density at radius 3 is 2.43 bits per heavy atom. The summed E-state index contributed by atoms with van der Waals surface area (Å²) in [5.74, 6) is 0. The highest BCUT2D eigenvalue weighted by Gasteiger charge is 2.20. The molecule has 1 atom stereocenters. The zero-order valence-electron chi connectivity index (χ0n) is 14.5. The molecular formula is C20H30N2O. The third-order valence-electron chi connectivity index (χ3n) is 4.76. The third kappa shape index (κ3) is 6.33. The zero-order chi connectivity index (χ0) is 16.3. The molecular weight excluding hydrogens is 284 g/mol. The second-order valence-corrected chi connectivity index (χ2v) is 6.52. The van der Waals surface area contributed by atoms with Gasteiger partial charge in [0.2, 0.25) is 0 Å². The number of ether oxygens (including phenoxy) is 1. The Morgan fingerprint density at radius 2 is 1.78 bits per heavy atom. The average molecular weight is 314 g/mol. The number of hydrogen-bond donors (Lipinski definition) is 0. The molecule has 0 aliphatic carbocycles. The van der Waals surface area contributed by atoms with Crippen LogP contribution in [0.1, 0.15) is 56.6 Å². The molecule has 1 aliphatic heterocycles. The Labute approximate surface area is 141 Å². The predicted octanol–water partition coefficient (Wildman–Crippen LogP) is 4.16. The molecule has 0 amide bonds. The normalized spacial score (nSPS) is 16.9. The summed E-state index contributed by atoms with van der Waals surface area (Å²) in [5, 5.41) is 8.93. The predicted molar refractivity (Wildman–Crippen MR) is 94.4 cm³/mol. The lowest BCUT2D eigenvalue weighted by atomic mass is 9.97. The van der Waals surface area contributed by atoms with Crippen LogP contribution < -0.4 is 0 Å². The van der Waals surface area contributed by atoms with Gasteiger partial charge in [0.25, 0.3) is 0 Å². The van der Waals surface area contributed by atoms with Crippen molar-refractivity contribution < 1.29 is 4.74 Å². The van der Waals surface area contributed by atoms with Gasteiger partial charge in [0.05, 0.1) is 24.8 Å². The minimum atomic E-state index is 0.605. The summed E-state index contributed by atoms with van der Waals surface area (Å²) < 4.78 is 5.51. The maximum absolute atomic E-state index is 8.93. The van der Waals surface area contributed by atoms with E-state index in [9.17, 15) is 0 Å². The maximum Gasteiger partial charge on any atom is 0.0991 e. The number of hydrogen-bond acceptors (Lipinski definition) is 3. The molecule has 0 N–H and O–H groups in total. The molecule has 1 aromatic rings. The number of nitriles is 1. The van der Waals surface area contributed by atoms with Crippen LogP contribution in [0.15, 0.2) is 24.3 Å². The van der Waals surface area contributed by atoms with Crippen LogP contribution in [0.25, 0.3) is 0 Å². The van der Waals surface area contributed by atoms with Gasteiger partial charge in [-0.05, 0) is 30.5 Å². The lowest BCUT2D eigenvalue weighted by Crippen LogP contribution is -2.44. The van der Waals surface area contributed by atoms with E-state index in [1.807, 2.05) is 12.1 Å². The Hall–Kier alpha value is -1.37. The van der Waals surface area contributed by atoms with Crippen molar-refractivity contribution in [3.8, 4) is 6.07 Å². The number of benzene rings is 1. The fraction of sp³-hybridized carbons (Fsp3) is 0.650. The summed E-state index contributed by atoms with van der Waals surface area (Å²) in [5.41, 5.74) is 2.09. The monoisotopic (exact) mass is 314 g/mol. The van der Waals surface area contributed by atoms with E-state index < -0.39 is 0 Å². The second kappa shape index (κ2) is 10.4. The number of morpholine rings is 1. The van der Waals surface area contributed by atoms with Gasteiger partial charge in [0.1, 0.15) is 0 Å². The summed E-state index contributed by atoms with van der Waals surface area (Å²) in [7, 11) is 0. The van der Waals surface area contributed by atoms with E-state index in [0.29, 0.717) is 6.04 Å². The largest absolute Gasteiger partial charge is 0.379 e. The van der Waals surface area contributed by atoms with E-state index in [2.05, 4.69) is 30.0 Å². The third-order valence-corrected chi connectivity index (χ3v) is 4.76. The van der Waals surface area contributed by atoms with Gasteiger partial charge >= 0.3 is 0 Å². The van der Waals surface area contributed by atoms with E-state index in [-0.39, 0.29) is 0 Å². The highest BCUT2D eigenvalue weighted by atomic mass is 16.5. The molecule has 1 aliphatic rings. The van der Waals surface area contributed by atoms with E-state index in [1.54, 1.807) is 0 Å². The van der Waals surface area contributed by atoms with Crippen LogP contribution in [0.3, 0.4) is 0 Å². The van der Waals surface area contributed by atoms with Crippen LogP contribution >= 0.6 is 0 Å². The van der Waals surface area contributed by atoms with E-state index in [1.165, 1.54) is 44.1 Å². The molecule has 0 aromatic heterocycles. The van der Waals surface area contributed by atoms with E-state index in [4.69, 9.17) is 10.00 Å². The Balaban J connectivity index is 1.90. The molecule has 126 valence electrons. The molecule has 23 heavy (non-hydrogen) atoms. The van der Waals surface area contributed by atoms with Gasteiger partial charge < -0.3 is 4.74 Å². The molecule has 3 nitrogen and oxygen atoms in total. The molecule has 1 unspecified atom stereocenters. The van der Waals surface area contributed by atoms with Crippen molar-refractivity contribution >= 4 is 0 Å². The van der Waals surface area contributed by atoms with Crippen molar-refractivity contribution in [2.75, 3.05) is 26.3 Å². The lowest BCUT2D eigenvalue weighted by Gasteiger charge is -2.35. The van der Waals surface area contributed by atoms with Crippen molar-refractivity contribution in [1.82, 2.24) is 4.90 Å². The molecule has 0 radical (unpaired) electrons. The maximum atomic E-state index is 8.93. The fourth-order valence-corrected chi connectivity index (χ4v) is 3.33. The van der Waals surface area contributed by atoms with Crippen molar-refractivity contribution in [2.24, 2.45) is 0 Å². The Morgan fingerprint density at radius 1 is 1.09 bits per heavy atom. The minimum Gasteiger partial charge on any atom is -0.379 e. The summed E-state index contributed by atoms with van der Waals surface area (Å²) >= 11 is 0. The quantitative estimate of drug-likeness (QED) is 0.642. The summed E-state index contributed by atoms with van der Waals surface area (Å²) in [6.45, 7) is 6.09. The molecule has 1 aromatic carbocycles. The molecule has 3 heteroatoms. The molecule has 1 saturated heterocycles. The van der Waals surface area contributed by atoms with Gasteiger partial charge in [0.15, 0.2) is 0 Å². The molecule has 0 bridgehead atoms. The van der Waals surface area contributed by atoms with Crippen LogP contribution in [0.5, 0.6) is 0 Å². The van der Waals surface area contributed by atoms with Crippen LogP contribution in [-0.2, 0) is 11.2 Å². The Bertz CT molecular complexity index is 471. The molecule has 0 saturated carbocycles. The molecule has 1 fully saturated rings. The smallest absolute Gasteiger partial charge is 0.0991 e. The van der Waals surface area contributed by atoms with Crippen molar-refractivity contribution in [1.29, 1.82) is 5.26 Å². The van der Waals surface area contributed by atoms with Crippen LogP contribution in [0.4, 0.5) is 0 Å². The number of rotatable bonds is 9. The summed E-state index contributed by atoms with van der Waals surface area (Å²) in [4.78, 5) is 2.60. The fourth-order valence-electron chi connectivity index (χ4n) is 3.33. The van der Waals surface area contributed by atoms with Crippen molar-refractivity contribution in [3.05, 3.63) is 35.4 Å². The zero-order valence-corrected chi connectivity index (χ0v) is 14.5.